The number of rotatable bonds is 4. The SMILES string of the molecule is CNC(C)c1nnc(Cc2ccc(C(F)(F)F)cc2)s1. The average molecular weight is 301 g/mol. The molecule has 0 amide bonds. The van der Waals surface area contributed by atoms with Crippen molar-refractivity contribution >= 4 is 11.3 Å². The second-order valence-electron chi connectivity index (χ2n) is 4.42. The lowest BCUT2D eigenvalue weighted by atomic mass is 10.1. The summed E-state index contributed by atoms with van der Waals surface area (Å²) in [6.07, 6.45) is -3.80. The van der Waals surface area contributed by atoms with E-state index in [4.69, 9.17) is 0 Å². The highest BCUT2D eigenvalue weighted by Crippen LogP contribution is 2.29. The number of halogens is 3. The van der Waals surface area contributed by atoms with Gasteiger partial charge in [-0.05, 0) is 31.7 Å². The number of nitrogens with zero attached hydrogens (tertiary/aromatic N) is 2. The van der Waals surface area contributed by atoms with Gasteiger partial charge in [0.15, 0.2) is 0 Å². The van der Waals surface area contributed by atoms with Gasteiger partial charge in [0, 0.05) is 6.42 Å². The summed E-state index contributed by atoms with van der Waals surface area (Å²) in [6, 6.07) is 5.26. The summed E-state index contributed by atoms with van der Waals surface area (Å²) in [7, 11) is 1.83. The maximum atomic E-state index is 12.5. The molecular formula is C13H14F3N3S. The van der Waals surface area contributed by atoms with Crippen LogP contribution in [-0.4, -0.2) is 17.2 Å². The van der Waals surface area contributed by atoms with Gasteiger partial charge in [0.2, 0.25) is 0 Å². The molecule has 1 unspecified atom stereocenters. The minimum absolute atomic E-state index is 0.119. The fourth-order valence-corrected chi connectivity index (χ4v) is 2.56. The summed E-state index contributed by atoms with van der Waals surface area (Å²) >= 11 is 1.46. The summed E-state index contributed by atoms with van der Waals surface area (Å²) in [6.45, 7) is 1.97. The molecule has 2 aromatic rings. The molecule has 0 radical (unpaired) electrons. The first kappa shape index (κ1) is 14.9. The van der Waals surface area contributed by atoms with E-state index in [9.17, 15) is 13.2 Å². The molecular weight excluding hydrogens is 287 g/mol. The van der Waals surface area contributed by atoms with Crippen LogP contribution in [0.15, 0.2) is 24.3 Å². The van der Waals surface area contributed by atoms with Crippen LogP contribution in [0, 0.1) is 0 Å². The van der Waals surface area contributed by atoms with Gasteiger partial charge in [0.05, 0.1) is 11.6 Å². The number of alkyl halides is 3. The van der Waals surface area contributed by atoms with E-state index in [-0.39, 0.29) is 6.04 Å². The molecule has 0 aliphatic heterocycles. The van der Waals surface area contributed by atoms with E-state index in [1.54, 1.807) is 0 Å². The minimum Gasteiger partial charge on any atom is -0.311 e. The molecule has 0 saturated carbocycles. The molecule has 1 heterocycles. The molecule has 0 aliphatic carbocycles. The van der Waals surface area contributed by atoms with Crippen molar-refractivity contribution in [1.29, 1.82) is 0 Å². The highest BCUT2D eigenvalue weighted by Gasteiger charge is 2.29. The normalized spacial score (nSPS) is 13.4. The molecule has 1 aromatic heterocycles. The third-order valence-corrected chi connectivity index (χ3v) is 4.03. The summed E-state index contributed by atoms with van der Waals surface area (Å²) in [5.74, 6) is 0. The standard InChI is InChI=1S/C13H14F3N3S/c1-8(17-2)12-19-18-11(20-12)7-9-3-5-10(6-4-9)13(14,15)16/h3-6,8,17H,7H2,1-2H3. The van der Waals surface area contributed by atoms with Crippen molar-refractivity contribution in [3.05, 3.63) is 45.4 Å². The molecule has 0 fully saturated rings. The van der Waals surface area contributed by atoms with E-state index in [1.807, 2.05) is 14.0 Å². The highest BCUT2D eigenvalue weighted by atomic mass is 32.1. The van der Waals surface area contributed by atoms with Crippen LogP contribution < -0.4 is 5.32 Å². The number of nitrogens with one attached hydrogen (secondary N) is 1. The Balaban J connectivity index is 2.08. The van der Waals surface area contributed by atoms with Gasteiger partial charge in [-0.25, -0.2) is 0 Å². The maximum Gasteiger partial charge on any atom is 0.416 e. The van der Waals surface area contributed by atoms with Gasteiger partial charge in [-0.1, -0.05) is 23.5 Å². The lowest BCUT2D eigenvalue weighted by Crippen LogP contribution is -2.11. The molecule has 0 aliphatic rings. The van der Waals surface area contributed by atoms with Gasteiger partial charge < -0.3 is 5.32 Å². The van der Waals surface area contributed by atoms with E-state index >= 15 is 0 Å². The van der Waals surface area contributed by atoms with Crippen LogP contribution in [0.4, 0.5) is 13.2 Å². The molecule has 0 saturated heterocycles. The molecule has 0 bridgehead atoms. The number of hydrogen-bond acceptors (Lipinski definition) is 4. The molecule has 1 N–H and O–H groups in total. The Morgan fingerprint density at radius 2 is 1.85 bits per heavy atom. The Labute approximate surface area is 118 Å². The predicted molar refractivity (Wildman–Crippen MR) is 71.6 cm³/mol. The van der Waals surface area contributed by atoms with Gasteiger partial charge >= 0.3 is 6.18 Å². The zero-order chi connectivity index (χ0) is 14.8. The first-order valence-electron chi connectivity index (χ1n) is 6.06. The molecule has 1 aromatic carbocycles. The van der Waals surface area contributed by atoms with Crippen molar-refractivity contribution in [2.45, 2.75) is 25.6 Å². The Hall–Kier alpha value is -1.47. The summed E-state index contributed by atoms with van der Waals surface area (Å²) in [5, 5.41) is 12.9. The number of aromatic nitrogens is 2. The first-order chi connectivity index (χ1) is 9.40. The maximum absolute atomic E-state index is 12.5. The van der Waals surface area contributed by atoms with Crippen molar-refractivity contribution in [3.63, 3.8) is 0 Å². The van der Waals surface area contributed by atoms with Crippen LogP contribution in [0.25, 0.3) is 0 Å². The van der Waals surface area contributed by atoms with E-state index < -0.39 is 11.7 Å². The summed E-state index contributed by atoms with van der Waals surface area (Å²) in [4.78, 5) is 0. The molecule has 2 rings (SSSR count). The van der Waals surface area contributed by atoms with Gasteiger partial charge in [-0.3, -0.25) is 0 Å². The van der Waals surface area contributed by atoms with E-state index in [1.165, 1.54) is 23.5 Å². The van der Waals surface area contributed by atoms with Crippen LogP contribution in [0.5, 0.6) is 0 Å². The molecule has 108 valence electrons. The smallest absolute Gasteiger partial charge is 0.311 e. The molecule has 3 nitrogen and oxygen atoms in total. The number of benzene rings is 1. The topological polar surface area (TPSA) is 37.8 Å². The average Bonchev–Trinajstić information content (AvgIpc) is 2.86. The molecule has 1 atom stereocenters. The van der Waals surface area contributed by atoms with Gasteiger partial charge in [-0.2, -0.15) is 13.2 Å². The van der Waals surface area contributed by atoms with E-state index in [2.05, 4.69) is 15.5 Å². The lowest BCUT2D eigenvalue weighted by Gasteiger charge is -2.06. The van der Waals surface area contributed by atoms with Crippen LogP contribution in [-0.2, 0) is 12.6 Å². The monoisotopic (exact) mass is 301 g/mol. The van der Waals surface area contributed by atoms with Crippen LogP contribution in [0.2, 0.25) is 0 Å². The zero-order valence-corrected chi connectivity index (χ0v) is 11.8. The van der Waals surface area contributed by atoms with Crippen LogP contribution >= 0.6 is 11.3 Å². The van der Waals surface area contributed by atoms with Crippen LogP contribution in [0.3, 0.4) is 0 Å². The van der Waals surface area contributed by atoms with Crippen molar-refractivity contribution in [1.82, 2.24) is 15.5 Å². The third kappa shape index (κ3) is 3.55. The van der Waals surface area contributed by atoms with Crippen LogP contribution in [0.1, 0.15) is 34.1 Å². The molecule has 0 spiro atoms. The van der Waals surface area contributed by atoms with E-state index in [0.29, 0.717) is 6.42 Å². The largest absolute Gasteiger partial charge is 0.416 e. The fourth-order valence-electron chi connectivity index (χ4n) is 1.62. The van der Waals surface area contributed by atoms with Crippen molar-refractivity contribution in [2.24, 2.45) is 0 Å². The van der Waals surface area contributed by atoms with Crippen molar-refractivity contribution in [2.75, 3.05) is 7.05 Å². The predicted octanol–water partition coefficient (Wildman–Crippen LogP) is 3.43. The Morgan fingerprint density at radius 1 is 1.20 bits per heavy atom. The Bertz CT molecular complexity index is 563. The van der Waals surface area contributed by atoms with E-state index in [0.717, 1.165) is 27.7 Å². The van der Waals surface area contributed by atoms with Gasteiger partial charge in [0.25, 0.3) is 0 Å². The molecule has 7 heteroatoms. The first-order valence-corrected chi connectivity index (χ1v) is 6.87. The second-order valence-corrected chi connectivity index (χ2v) is 5.51. The fraction of sp³-hybridized carbons (Fsp3) is 0.385. The summed E-state index contributed by atoms with van der Waals surface area (Å²) < 4.78 is 37.4. The third-order valence-electron chi connectivity index (χ3n) is 2.92. The van der Waals surface area contributed by atoms with Gasteiger partial charge in [-0.15, -0.1) is 10.2 Å². The highest BCUT2D eigenvalue weighted by molar-refractivity contribution is 7.11. The minimum atomic E-state index is -4.29. The number of hydrogen-bond donors (Lipinski definition) is 1. The van der Waals surface area contributed by atoms with Gasteiger partial charge in [0.1, 0.15) is 10.0 Å². The zero-order valence-electron chi connectivity index (χ0n) is 11.0. The Kier molecular flexibility index (Phi) is 4.39. The lowest BCUT2D eigenvalue weighted by molar-refractivity contribution is -0.137. The van der Waals surface area contributed by atoms with Crippen molar-refractivity contribution < 1.29 is 13.2 Å². The molecule has 20 heavy (non-hydrogen) atoms. The quantitative estimate of drug-likeness (QED) is 0.940. The Morgan fingerprint density at radius 3 is 2.40 bits per heavy atom. The van der Waals surface area contributed by atoms with Crippen molar-refractivity contribution in [3.8, 4) is 0 Å². The summed E-state index contributed by atoms with van der Waals surface area (Å²) in [5.41, 5.74) is 0.154. The second kappa shape index (κ2) is 5.88.